The molecule has 0 aliphatic carbocycles. The third kappa shape index (κ3) is 9.96. The molecule has 0 aliphatic heterocycles. The minimum absolute atomic E-state index is 0.510. The molecule has 12 heavy (non-hydrogen) atoms. The largest absolute Gasteiger partial charge is 0.408 e. The Balaban J connectivity index is 3.28. The molecular weight excluding hydrogens is 200 g/mol. The smallest absolute Gasteiger partial charge is 0.263 e. The lowest BCUT2D eigenvalue weighted by atomic mass is 10.4. The molecule has 0 amide bonds. The molecule has 0 saturated carbocycles. The molecule has 0 rings (SSSR count). The van der Waals surface area contributed by atoms with Gasteiger partial charge in [-0.3, -0.25) is 4.55 Å². The Hall–Kier alpha value is -0.0400. The van der Waals surface area contributed by atoms with Crippen molar-refractivity contribution in [1.29, 1.82) is 0 Å². The first-order chi connectivity index (χ1) is 5.56. The van der Waals surface area contributed by atoms with E-state index in [1.165, 1.54) is 0 Å². The van der Waals surface area contributed by atoms with Crippen molar-refractivity contribution in [2.45, 2.75) is 19.8 Å². The highest BCUT2D eigenvalue weighted by Crippen LogP contribution is 2.08. The van der Waals surface area contributed by atoms with Crippen LogP contribution in [0.3, 0.4) is 0 Å². The van der Waals surface area contributed by atoms with Gasteiger partial charge in [0.2, 0.25) is 0 Å². The SMILES string of the molecule is CCC=CCCSOS(=O)(=O)O. The van der Waals surface area contributed by atoms with Crippen LogP contribution in [0.1, 0.15) is 19.8 Å². The normalized spacial score (nSPS) is 12.5. The van der Waals surface area contributed by atoms with Crippen molar-refractivity contribution in [3.05, 3.63) is 12.2 Å². The van der Waals surface area contributed by atoms with Gasteiger partial charge in [-0.1, -0.05) is 19.1 Å². The number of hydrogen-bond acceptors (Lipinski definition) is 4. The van der Waals surface area contributed by atoms with Gasteiger partial charge in [0.1, 0.15) is 0 Å². The van der Waals surface area contributed by atoms with Crippen molar-refractivity contribution in [3.63, 3.8) is 0 Å². The van der Waals surface area contributed by atoms with Crippen LogP contribution in [0.2, 0.25) is 0 Å². The number of rotatable bonds is 6. The maximum absolute atomic E-state index is 10.0. The van der Waals surface area contributed by atoms with E-state index in [2.05, 4.69) is 3.63 Å². The van der Waals surface area contributed by atoms with Crippen LogP contribution in [0, 0.1) is 0 Å². The first kappa shape index (κ1) is 12.0. The van der Waals surface area contributed by atoms with Gasteiger partial charge in [-0.05, 0) is 12.8 Å². The molecular formula is C6H12O4S2. The Bertz CT molecular complexity index is 220. The van der Waals surface area contributed by atoms with Crippen LogP contribution >= 0.6 is 12.0 Å². The van der Waals surface area contributed by atoms with Gasteiger partial charge in [0.25, 0.3) is 0 Å². The van der Waals surface area contributed by atoms with E-state index >= 15 is 0 Å². The van der Waals surface area contributed by atoms with Crippen LogP contribution in [0.4, 0.5) is 0 Å². The van der Waals surface area contributed by atoms with Gasteiger partial charge in [0.05, 0.1) is 0 Å². The molecule has 0 heterocycles. The predicted molar refractivity (Wildman–Crippen MR) is 49.1 cm³/mol. The zero-order chi connectivity index (χ0) is 9.45. The number of allylic oxidation sites excluding steroid dienone is 2. The van der Waals surface area contributed by atoms with Gasteiger partial charge in [-0.2, -0.15) is 12.0 Å². The molecule has 0 aromatic carbocycles. The third-order valence-electron chi connectivity index (χ3n) is 0.904. The number of hydrogen-bond donors (Lipinski definition) is 1. The van der Waals surface area contributed by atoms with Crippen LogP contribution < -0.4 is 0 Å². The lowest BCUT2D eigenvalue weighted by Crippen LogP contribution is -1.97. The first-order valence-corrected chi connectivity index (χ1v) is 5.77. The second-order valence-electron chi connectivity index (χ2n) is 1.99. The highest BCUT2D eigenvalue weighted by molar-refractivity contribution is 8.02. The fourth-order valence-electron chi connectivity index (χ4n) is 0.495. The minimum Gasteiger partial charge on any atom is -0.263 e. The van der Waals surface area contributed by atoms with E-state index in [-0.39, 0.29) is 0 Å². The molecule has 1 N–H and O–H groups in total. The molecule has 0 fully saturated rings. The van der Waals surface area contributed by atoms with Gasteiger partial charge in [-0.15, -0.1) is 0 Å². The highest BCUT2D eigenvalue weighted by Gasteiger charge is 2.02. The van der Waals surface area contributed by atoms with Crippen LogP contribution in [0.15, 0.2) is 12.2 Å². The molecule has 6 heteroatoms. The summed E-state index contributed by atoms with van der Waals surface area (Å²) in [5.41, 5.74) is 0. The lowest BCUT2D eigenvalue weighted by Gasteiger charge is -1.94. The summed E-state index contributed by atoms with van der Waals surface area (Å²) in [6.07, 6.45) is 5.60. The van der Waals surface area contributed by atoms with E-state index in [0.717, 1.165) is 24.9 Å². The molecule has 0 unspecified atom stereocenters. The van der Waals surface area contributed by atoms with E-state index in [1.54, 1.807) is 0 Å². The topological polar surface area (TPSA) is 63.6 Å². The summed E-state index contributed by atoms with van der Waals surface area (Å²) in [5.74, 6) is 0.510. The second-order valence-corrected chi connectivity index (χ2v) is 4.03. The minimum atomic E-state index is -4.28. The Kier molecular flexibility index (Phi) is 6.45. The van der Waals surface area contributed by atoms with E-state index in [0.29, 0.717) is 5.75 Å². The summed E-state index contributed by atoms with van der Waals surface area (Å²) in [4.78, 5) is 0. The zero-order valence-corrected chi connectivity index (χ0v) is 8.40. The van der Waals surface area contributed by atoms with Crippen molar-refractivity contribution in [3.8, 4) is 0 Å². The van der Waals surface area contributed by atoms with Gasteiger partial charge in [-0.25, -0.2) is 0 Å². The van der Waals surface area contributed by atoms with Gasteiger partial charge < -0.3 is 0 Å². The average Bonchev–Trinajstić information content (AvgIpc) is 1.94. The maximum atomic E-state index is 10.0. The Morgan fingerprint density at radius 1 is 1.50 bits per heavy atom. The fourth-order valence-corrected chi connectivity index (χ4v) is 1.49. The molecule has 0 bridgehead atoms. The van der Waals surface area contributed by atoms with Gasteiger partial charge in [0.15, 0.2) is 0 Å². The maximum Gasteiger partial charge on any atom is 0.408 e. The molecule has 0 aromatic rings. The molecule has 4 nitrogen and oxygen atoms in total. The van der Waals surface area contributed by atoms with E-state index in [9.17, 15) is 8.42 Å². The van der Waals surface area contributed by atoms with Crippen molar-refractivity contribution >= 4 is 22.4 Å². The molecule has 0 saturated heterocycles. The molecule has 0 radical (unpaired) electrons. The van der Waals surface area contributed by atoms with Crippen molar-refractivity contribution < 1.29 is 16.6 Å². The van der Waals surface area contributed by atoms with E-state index in [1.807, 2.05) is 19.1 Å². The standard InChI is InChI=1S/C6H12O4S2/c1-2-3-4-5-6-11-10-12(7,8)9/h3-4H,2,5-6H2,1H3,(H,7,8,9). The van der Waals surface area contributed by atoms with Crippen LogP contribution in [0.25, 0.3) is 0 Å². The molecule has 0 spiro atoms. The summed E-state index contributed by atoms with van der Waals surface area (Å²) in [5, 5.41) is 0. The van der Waals surface area contributed by atoms with Crippen LogP contribution in [-0.2, 0) is 14.0 Å². The van der Waals surface area contributed by atoms with Crippen molar-refractivity contribution in [1.82, 2.24) is 0 Å². The lowest BCUT2D eigenvalue weighted by molar-refractivity contribution is 0.407. The summed E-state index contributed by atoms with van der Waals surface area (Å²) in [6, 6.07) is 0. The molecule has 0 aliphatic rings. The molecule has 0 atom stereocenters. The first-order valence-electron chi connectivity index (χ1n) is 3.49. The summed E-state index contributed by atoms with van der Waals surface area (Å²) in [7, 11) is -4.28. The summed E-state index contributed by atoms with van der Waals surface area (Å²) in [6.45, 7) is 2.01. The summed E-state index contributed by atoms with van der Waals surface area (Å²) >= 11 is 0.721. The fraction of sp³-hybridized carbons (Fsp3) is 0.667. The monoisotopic (exact) mass is 212 g/mol. The summed E-state index contributed by atoms with van der Waals surface area (Å²) < 4.78 is 32.2. The van der Waals surface area contributed by atoms with Crippen molar-refractivity contribution in [2.24, 2.45) is 0 Å². The molecule has 72 valence electrons. The van der Waals surface area contributed by atoms with Gasteiger partial charge >= 0.3 is 10.4 Å². The third-order valence-corrected chi connectivity index (χ3v) is 2.38. The van der Waals surface area contributed by atoms with Crippen LogP contribution in [-0.4, -0.2) is 18.7 Å². The second kappa shape index (κ2) is 6.47. The Morgan fingerprint density at radius 2 is 2.17 bits per heavy atom. The zero-order valence-electron chi connectivity index (χ0n) is 6.76. The van der Waals surface area contributed by atoms with Gasteiger partial charge in [0, 0.05) is 17.8 Å². The Labute approximate surface area is 77.2 Å². The highest BCUT2D eigenvalue weighted by atomic mass is 32.3. The van der Waals surface area contributed by atoms with E-state index in [4.69, 9.17) is 4.55 Å². The van der Waals surface area contributed by atoms with E-state index < -0.39 is 10.4 Å². The quantitative estimate of drug-likeness (QED) is 0.315. The molecule has 0 aromatic heterocycles. The predicted octanol–water partition coefficient (Wildman–Crippen LogP) is 1.81. The van der Waals surface area contributed by atoms with Crippen molar-refractivity contribution in [2.75, 3.05) is 5.75 Å². The Morgan fingerprint density at radius 3 is 2.67 bits per heavy atom. The average molecular weight is 212 g/mol. The van der Waals surface area contributed by atoms with Crippen LogP contribution in [0.5, 0.6) is 0 Å².